The number of anilines is 2. The minimum Gasteiger partial charge on any atom is -0.378 e. The fourth-order valence-electron chi connectivity index (χ4n) is 4.74. The maximum atomic E-state index is 12.8. The average Bonchev–Trinajstić information content (AvgIpc) is 3.09. The molecule has 2 aromatic carbocycles. The number of methoxy groups -OCH3 is 1. The lowest BCUT2D eigenvalue weighted by Crippen LogP contribution is -2.34. The van der Waals surface area contributed by atoms with E-state index in [1.54, 1.807) is 19.2 Å². The minimum absolute atomic E-state index is 0.0262. The molecule has 0 radical (unpaired) electrons. The molecule has 0 amide bonds. The van der Waals surface area contributed by atoms with Crippen LogP contribution < -0.4 is 15.5 Å². The summed E-state index contributed by atoms with van der Waals surface area (Å²) in [6.07, 6.45) is -0.0262. The molecule has 1 aromatic heterocycles. The lowest BCUT2D eigenvalue weighted by molar-refractivity contribution is 0.108. The van der Waals surface area contributed by atoms with Crippen LogP contribution in [0.2, 0.25) is 0 Å². The molecule has 1 saturated heterocycles. The van der Waals surface area contributed by atoms with E-state index in [0.29, 0.717) is 31.1 Å². The van der Waals surface area contributed by atoms with Gasteiger partial charge >= 0.3 is 0 Å². The highest BCUT2D eigenvalue weighted by Gasteiger charge is 2.32. The summed E-state index contributed by atoms with van der Waals surface area (Å²) in [5.74, 6) is 0.838. The van der Waals surface area contributed by atoms with E-state index >= 15 is 0 Å². The van der Waals surface area contributed by atoms with Crippen LogP contribution in [0.4, 0.5) is 11.5 Å². The second-order valence-corrected chi connectivity index (χ2v) is 10.8. The zero-order chi connectivity index (χ0) is 22.5. The number of nitrogens with zero attached hydrogens (tertiary/aromatic N) is 3. The molecule has 32 heavy (non-hydrogen) atoms. The topological polar surface area (TPSA) is 88.8 Å². The molecule has 0 aliphatic carbocycles. The smallest absolute Gasteiger partial charge is 0.180 e. The molecule has 2 aliphatic rings. The molecule has 2 atom stereocenters. The van der Waals surface area contributed by atoms with Crippen molar-refractivity contribution in [2.24, 2.45) is 5.73 Å². The molecule has 1 fully saturated rings. The summed E-state index contributed by atoms with van der Waals surface area (Å²) in [6, 6.07) is 15.5. The maximum absolute atomic E-state index is 12.8. The first kappa shape index (κ1) is 21.2. The number of hydrogen-bond acceptors (Lipinski definition) is 7. The van der Waals surface area contributed by atoms with Crippen LogP contribution in [-0.4, -0.2) is 58.0 Å². The van der Waals surface area contributed by atoms with E-state index in [9.17, 15) is 8.42 Å². The van der Waals surface area contributed by atoms with Crippen LogP contribution in [0.25, 0.3) is 10.9 Å². The minimum atomic E-state index is -3.32. The van der Waals surface area contributed by atoms with Crippen molar-refractivity contribution in [2.75, 3.05) is 42.3 Å². The van der Waals surface area contributed by atoms with Gasteiger partial charge in [0.25, 0.3) is 0 Å². The standard InChI is InChI=1S/C24H28N4O3S/c1-16-7-8-20-18(11-16)21(28-14-19(25)22(15-28)31-2)12-24(26-20)27-9-10-32(29,30)23-6-4-3-5-17(23)13-27/h3-8,11-12,19,22H,9-10,13-15,25H2,1-2H3/t19-,22-/m0/s1. The Balaban J connectivity index is 1.60. The van der Waals surface area contributed by atoms with E-state index in [0.717, 1.165) is 33.5 Å². The number of fused-ring (bicyclic) bond motifs is 2. The SMILES string of the molecule is CO[C@H]1CN(c2cc(N3CCS(=O)(=O)c4ccccc4C3)nc3ccc(C)cc23)C[C@@H]1N. The average molecular weight is 453 g/mol. The molecule has 3 heterocycles. The first-order valence-electron chi connectivity index (χ1n) is 10.9. The van der Waals surface area contributed by atoms with Gasteiger partial charge in [0.05, 0.1) is 28.3 Å². The molecular weight excluding hydrogens is 424 g/mol. The molecule has 5 rings (SSSR count). The second kappa shape index (κ2) is 8.03. The number of aromatic nitrogens is 1. The molecule has 0 spiro atoms. The third-order valence-electron chi connectivity index (χ3n) is 6.50. The van der Waals surface area contributed by atoms with Gasteiger partial charge in [0.1, 0.15) is 5.82 Å². The van der Waals surface area contributed by atoms with Gasteiger partial charge in [-0.15, -0.1) is 0 Å². The van der Waals surface area contributed by atoms with Crippen LogP contribution >= 0.6 is 0 Å². The lowest BCUT2D eigenvalue weighted by Gasteiger charge is -2.26. The van der Waals surface area contributed by atoms with E-state index in [1.165, 1.54) is 0 Å². The summed E-state index contributed by atoms with van der Waals surface area (Å²) in [7, 11) is -1.63. The van der Waals surface area contributed by atoms with Crippen molar-refractivity contribution in [3.63, 3.8) is 0 Å². The van der Waals surface area contributed by atoms with E-state index in [4.69, 9.17) is 15.5 Å². The summed E-state index contributed by atoms with van der Waals surface area (Å²) in [5.41, 5.74) is 10.2. The van der Waals surface area contributed by atoms with Crippen molar-refractivity contribution in [1.29, 1.82) is 0 Å². The van der Waals surface area contributed by atoms with Gasteiger partial charge in [0, 0.05) is 50.4 Å². The summed E-state index contributed by atoms with van der Waals surface area (Å²) in [5, 5.41) is 1.07. The van der Waals surface area contributed by atoms with Crippen molar-refractivity contribution in [3.05, 3.63) is 59.7 Å². The predicted octanol–water partition coefficient (Wildman–Crippen LogP) is 2.50. The molecule has 168 valence electrons. The van der Waals surface area contributed by atoms with Crippen LogP contribution in [0.3, 0.4) is 0 Å². The molecule has 0 saturated carbocycles. The number of pyridine rings is 1. The number of benzene rings is 2. The fraction of sp³-hybridized carbons (Fsp3) is 0.375. The van der Waals surface area contributed by atoms with E-state index in [1.807, 2.05) is 18.2 Å². The molecule has 8 heteroatoms. The molecular formula is C24H28N4O3S. The third kappa shape index (κ3) is 3.72. The van der Waals surface area contributed by atoms with E-state index in [2.05, 4.69) is 34.9 Å². The van der Waals surface area contributed by atoms with Crippen LogP contribution in [-0.2, 0) is 21.1 Å². The van der Waals surface area contributed by atoms with Crippen molar-refractivity contribution in [2.45, 2.75) is 30.5 Å². The van der Waals surface area contributed by atoms with Gasteiger partial charge in [-0.05, 0) is 30.7 Å². The number of sulfone groups is 1. The van der Waals surface area contributed by atoms with Crippen LogP contribution in [0, 0.1) is 6.92 Å². The number of aryl methyl sites for hydroxylation is 1. The van der Waals surface area contributed by atoms with Crippen LogP contribution in [0.15, 0.2) is 53.4 Å². The van der Waals surface area contributed by atoms with Crippen molar-refractivity contribution in [1.82, 2.24) is 4.98 Å². The zero-order valence-corrected chi connectivity index (χ0v) is 19.2. The zero-order valence-electron chi connectivity index (χ0n) is 18.4. The Labute approximate surface area is 188 Å². The van der Waals surface area contributed by atoms with Gasteiger partial charge in [-0.2, -0.15) is 0 Å². The summed E-state index contributed by atoms with van der Waals surface area (Å²) < 4.78 is 31.2. The van der Waals surface area contributed by atoms with Crippen molar-refractivity contribution in [3.8, 4) is 0 Å². The number of hydrogen-bond donors (Lipinski definition) is 1. The predicted molar refractivity (Wildman–Crippen MR) is 127 cm³/mol. The molecule has 2 aliphatic heterocycles. The summed E-state index contributed by atoms with van der Waals surface area (Å²) in [6.45, 7) is 4.37. The van der Waals surface area contributed by atoms with Gasteiger partial charge in [-0.1, -0.05) is 29.8 Å². The molecule has 0 bridgehead atoms. The second-order valence-electron chi connectivity index (χ2n) is 8.71. The van der Waals surface area contributed by atoms with Gasteiger partial charge in [-0.25, -0.2) is 13.4 Å². The van der Waals surface area contributed by atoms with Crippen LogP contribution in [0.5, 0.6) is 0 Å². The van der Waals surface area contributed by atoms with Crippen molar-refractivity contribution < 1.29 is 13.2 Å². The Hall–Kier alpha value is -2.68. The van der Waals surface area contributed by atoms with Crippen LogP contribution in [0.1, 0.15) is 11.1 Å². The highest BCUT2D eigenvalue weighted by atomic mass is 32.2. The normalized spacial score (nSPS) is 22.7. The Morgan fingerprint density at radius 1 is 1.09 bits per heavy atom. The molecule has 0 unspecified atom stereocenters. The van der Waals surface area contributed by atoms with Gasteiger partial charge in [0.2, 0.25) is 0 Å². The number of rotatable bonds is 3. The van der Waals surface area contributed by atoms with Gasteiger partial charge < -0.3 is 20.3 Å². The Morgan fingerprint density at radius 3 is 2.69 bits per heavy atom. The lowest BCUT2D eigenvalue weighted by atomic mass is 10.1. The Bertz CT molecular complexity index is 1280. The monoisotopic (exact) mass is 452 g/mol. The third-order valence-corrected chi connectivity index (χ3v) is 8.29. The molecule has 7 nitrogen and oxygen atoms in total. The van der Waals surface area contributed by atoms with Gasteiger partial charge in [-0.3, -0.25) is 0 Å². The summed E-state index contributed by atoms with van der Waals surface area (Å²) in [4.78, 5) is 9.68. The summed E-state index contributed by atoms with van der Waals surface area (Å²) >= 11 is 0. The number of nitrogens with two attached hydrogens (primary N) is 1. The highest BCUT2D eigenvalue weighted by Crippen LogP contribution is 2.34. The van der Waals surface area contributed by atoms with Gasteiger partial charge in [0.15, 0.2) is 9.84 Å². The molecule has 3 aromatic rings. The molecule has 2 N–H and O–H groups in total. The first-order chi connectivity index (χ1) is 15.4. The van der Waals surface area contributed by atoms with E-state index < -0.39 is 9.84 Å². The Morgan fingerprint density at radius 2 is 1.91 bits per heavy atom. The first-order valence-corrected chi connectivity index (χ1v) is 12.5. The largest absolute Gasteiger partial charge is 0.378 e. The fourth-order valence-corrected chi connectivity index (χ4v) is 6.23. The number of ether oxygens (including phenoxy) is 1. The maximum Gasteiger partial charge on any atom is 0.180 e. The van der Waals surface area contributed by atoms with Crippen molar-refractivity contribution >= 4 is 32.2 Å². The Kier molecular flexibility index (Phi) is 5.31. The quantitative estimate of drug-likeness (QED) is 0.653. The highest BCUT2D eigenvalue weighted by molar-refractivity contribution is 7.91. The van der Waals surface area contributed by atoms with E-state index in [-0.39, 0.29) is 17.9 Å².